The largest absolute Gasteiger partial charge is 0.496 e. The lowest BCUT2D eigenvalue weighted by Gasteiger charge is -2.08. The van der Waals surface area contributed by atoms with Crippen LogP contribution in [0.4, 0.5) is 0 Å². The summed E-state index contributed by atoms with van der Waals surface area (Å²) < 4.78 is 10.8. The molecule has 1 amide bonds. The number of carbonyl (C=O) groups excluding carboxylic acids is 1. The van der Waals surface area contributed by atoms with Crippen molar-refractivity contribution in [1.82, 2.24) is 5.32 Å². The molecule has 0 saturated carbocycles. The number of ether oxygens (including phenoxy) is 2. The number of nitrogens with one attached hydrogen (secondary N) is 1. The highest BCUT2D eigenvalue weighted by molar-refractivity contribution is 6.31. The zero-order valence-corrected chi connectivity index (χ0v) is 14.5. The van der Waals surface area contributed by atoms with Crippen LogP contribution in [0.2, 0.25) is 5.02 Å². The van der Waals surface area contributed by atoms with E-state index < -0.39 is 0 Å². The molecule has 0 bridgehead atoms. The quantitative estimate of drug-likeness (QED) is 0.612. The Kier molecular flexibility index (Phi) is 6.70. The summed E-state index contributed by atoms with van der Waals surface area (Å²) in [5.41, 5.74) is 1.85. The maximum Gasteiger partial charge on any atom is 0.244 e. The highest BCUT2D eigenvalue weighted by atomic mass is 35.5. The molecule has 2 aromatic carbocycles. The monoisotopic (exact) mass is 345 g/mol. The van der Waals surface area contributed by atoms with E-state index in [9.17, 15) is 4.79 Å². The summed E-state index contributed by atoms with van der Waals surface area (Å²) in [6.07, 6.45) is 3.19. The second kappa shape index (κ2) is 8.99. The Bertz CT molecular complexity index is 728. The molecule has 5 heteroatoms. The molecule has 1 N–H and O–H groups in total. The van der Waals surface area contributed by atoms with E-state index in [1.165, 1.54) is 6.08 Å². The van der Waals surface area contributed by atoms with Crippen LogP contribution in [0.25, 0.3) is 6.08 Å². The molecule has 0 atom stereocenters. The fourth-order valence-electron chi connectivity index (χ4n) is 2.03. The number of amides is 1. The molecule has 24 heavy (non-hydrogen) atoms. The van der Waals surface area contributed by atoms with Gasteiger partial charge in [-0.25, -0.2) is 0 Å². The van der Waals surface area contributed by atoms with Crippen molar-refractivity contribution < 1.29 is 14.3 Å². The van der Waals surface area contributed by atoms with Crippen molar-refractivity contribution in [1.29, 1.82) is 0 Å². The van der Waals surface area contributed by atoms with Gasteiger partial charge in [-0.05, 0) is 36.8 Å². The number of hydrogen-bond donors (Lipinski definition) is 1. The van der Waals surface area contributed by atoms with Gasteiger partial charge in [-0.1, -0.05) is 35.9 Å². The van der Waals surface area contributed by atoms with Crippen LogP contribution in [-0.2, 0) is 4.79 Å². The van der Waals surface area contributed by atoms with Gasteiger partial charge in [0.25, 0.3) is 0 Å². The van der Waals surface area contributed by atoms with Crippen molar-refractivity contribution in [3.05, 3.63) is 64.7 Å². The molecule has 0 unspecified atom stereocenters. The Morgan fingerprint density at radius 2 is 2.04 bits per heavy atom. The molecule has 126 valence electrons. The van der Waals surface area contributed by atoms with Gasteiger partial charge in [0.15, 0.2) is 0 Å². The molecular formula is C19H20ClNO3. The molecule has 0 aliphatic heterocycles. The van der Waals surface area contributed by atoms with Gasteiger partial charge in [0.1, 0.15) is 18.1 Å². The van der Waals surface area contributed by atoms with Crippen LogP contribution in [0.1, 0.15) is 11.1 Å². The number of halogens is 1. The minimum atomic E-state index is -0.188. The third-order valence-corrected chi connectivity index (χ3v) is 3.77. The Balaban J connectivity index is 1.77. The van der Waals surface area contributed by atoms with Crippen molar-refractivity contribution >= 4 is 23.6 Å². The van der Waals surface area contributed by atoms with Crippen molar-refractivity contribution in [3.63, 3.8) is 0 Å². The average Bonchev–Trinajstić information content (AvgIpc) is 2.60. The lowest BCUT2D eigenvalue weighted by Crippen LogP contribution is -2.26. The summed E-state index contributed by atoms with van der Waals surface area (Å²) in [6, 6.07) is 13.0. The number of hydrogen-bond acceptors (Lipinski definition) is 3. The number of para-hydroxylation sites is 1. The summed E-state index contributed by atoms with van der Waals surface area (Å²) >= 11 is 6.03. The van der Waals surface area contributed by atoms with Crippen LogP contribution in [0, 0.1) is 6.92 Å². The van der Waals surface area contributed by atoms with Crippen molar-refractivity contribution in [2.24, 2.45) is 0 Å². The molecule has 0 radical (unpaired) electrons. The number of rotatable bonds is 7. The van der Waals surface area contributed by atoms with Gasteiger partial charge in [0.2, 0.25) is 5.91 Å². The third-order valence-electron chi connectivity index (χ3n) is 3.37. The van der Waals surface area contributed by atoms with Crippen molar-refractivity contribution in [3.8, 4) is 11.5 Å². The second-order valence-electron chi connectivity index (χ2n) is 5.13. The molecule has 4 nitrogen and oxygen atoms in total. The first-order chi connectivity index (χ1) is 11.6. The van der Waals surface area contributed by atoms with Gasteiger partial charge in [0, 0.05) is 16.7 Å². The molecule has 0 aliphatic rings. The van der Waals surface area contributed by atoms with E-state index in [2.05, 4.69) is 5.32 Å². The second-order valence-corrected chi connectivity index (χ2v) is 5.53. The van der Waals surface area contributed by atoms with E-state index in [0.717, 1.165) is 16.9 Å². The summed E-state index contributed by atoms with van der Waals surface area (Å²) in [5.74, 6) is 1.22. The minimum absolute atomic E-state index is 0.188. The van der Waals surface area contributed by atoms with Crippen LogP contribution in [-0.4, -0.2) is 26.2 Å². The Morgan fingerprint density at radius 1 is 1.25 bits per heavy atom. The summed E-state index contributed by atoms with van der Waals surface area (Å²) in [5, 5.41) is 3.43. The molecule has 0 fully saturated rings. The minimum Gasteiger partial charge on any atom is -0.496 e. The maximum absolute atomic E-state index is 11.8. The topological polar surface area (TPSA) is 47.6 Å². The first kappa shape index (κ1) is 17.9. The van der Waals surface area contributed by atoms with E-state index in [1.807, 2.05) is 43.3 Å². The summed E-state index contributed by atoms with van der Waals surface area (Å²) in [6.45, 7) is 2.70. The number of aryl methyl sites for hydroxylation is 1. The summed E-state index contributed by atoms with van der Waals surface area (Å²) in [4.78, 5) is 11.8. The lowest BCUT2D eigenvalue weighted by atomic mass is 10.2. The van der Waals surface area contributed by atoms with Gasteiger partial charge < -0.3 is 14.8 Å². The molecule has 2 aromatic rings. The average molecular weight is 346 g/mol. The van der Waals surface area contributed by atoms with E-state index in [-0.39, 0.29) is 5.91 Å². The fourth-order valence-corrected chi connectivity index (χ4v) is 2.21. The smallest absolute Gasteiger partial charge is 0.244 e. The normalized spacial score (nSPS) is 10.6. The molecule has 0 saturated heterocycles. The van der Waals surface area contributed by atoms with E-state index in [0.29, 0.717) is 23.9 Å². The molecule has 0 aliphatic carbocycles. The SMILES string of the molecule is COc1ccccc1/C=C/C(=O)NCCOc1ccc(C)c(Cl)c1. The van der Waals surface area contributed by atoms with Gasteiger partial charge in [-0.2, -0.15) is 0 Å². The Labute approximate surface area is 147 Å². The first-order valence-corrected chi connectivity index (χ1v) is 7.96. The molecule has 0 heterocycles. The highest BCUT2D eigenvalue weighted by Crippen LogP contribution is 2.21. The summed E-state index contributed by atoms with van der Waals surface area (Å²) in [7, 11) is 1.60. The van der Waals surface area contributed by atoms with Crippen LogP contribution in [0.3, 0.4) is 0 Å². The number of methoxy groups -OCH3 is 1. The predicted molar refractivity (Wildman–Crippen MR) is 96.7 cm³/mol. The van der Waals surface area contributed by atoms with Crippen LogP contribution >= 0.6 is 11.6 Å². The first-order valence-electron chi connectivity index (χ1n) is 7.58. The molecule has 0 spiro atoms. The van der Waals surface area contributed by atoms with Crippen molar-refractivity contribution in [2.75, 3.05) is 20.3 Å². The zero-order valence-electron chi connectivity index (χ0n) is 13.7. The Morgan fingerprint density at radius 3 is 2.79 bits per heavy atom. The predicted octanol–water partition coefficient (Wildman–Crippen LogP) is 3.87. The third kappa shape index (κ3) is 5.32. The molecule has 0 aromatic heterocycles. The van der Waals surface area contributed by atoms with Crippen LogP contribution < -0.4 is 14.8 Å². The zero-order chi connectivity index (χ0) is 17.4. The van der Waals surface area contributed by atoms with E-state index >= 15 is 0 Å². The van der Waals surface area contributed by atoms with Gasteiger partial charge >= 0.3 is 0 Å². The van der Waals surface area contributed by atoms with Gasteiger partial charge in [0.05, 0.1) is 13.7 Å². The highest BCUT2D eigenvalue weighted by Gasteiger charge is 2.01. The Hall–Kier alpha value is -2.46. The lowest BCUT2D eigenvalue weighted by molar-refractivity contribution is -0.116. The molecular weight excluding hydrogens is 326 g/mol. The van der Waals surface area contributed by atoms with Crippen LogP contribution in [0.5, 0.6) is 11.5 Å². The van der Waals surface area contributed by atoms with E-state index in [1.54, 1.807) is 19.3 Å². The standard InChI is InChI=1S/C19H20ClNO3/c1-14-7-9-16(13-17(14)20)24-12-11-21-19(22)10-8-15-5-3-4-6-18(15)23-2/h3-10,13H,11-12H2,1-2H3,(H,21,22)/b10-8+. The van der Waals surface area contributed by atoms with Crippen LogP contribution in [0.15, 0.2) is 48.5 Å². The fraction of sp³-hybridized carbons (Fsp3) is 0.211. The maximum atomic E-state index is 11.8. The number of benzene rings is 2. The van der Waals surface area contributed by atoms with Gasteiger partial charge in [-0.15, -0.1) is 0 Å². The number of carbonyl (C=O) groups is 1. The van der Waals surface area contributed by atoms with E-state index in [4.69, 9.17) is 21.1 Å². The molecule has 2 rings (SSSR count). The van der Waals surface area contributed by atoms with Crippen molar-refractivity contribution in [2.45, 2.75) is 6.92 Å². The van der Waals surface area contributed by atoms with Gasteiger partial charge in [-0.3, -0.25) is 4.79 Å².